The lowest BCUT2D eigenvalue weighted by molar-refractivity contribution is 0.104. The molecule has 3 aromatic carbocycles. The first kappa shape index (κ1) is 33.9. The molecule has 0 saturated carbocycles. The minimum Gasteiger partial charge on any atom is -0.496 e. The molecule has 0 amide bonds. The van der Waals surface area contributed by atoms with Crippen LogP contribution in [0, 0.1) is 0 Å². The van der Waals surface area contributed by atoms with E-state index in [1.54, 1.807) is 30.3 Å². The highest BCUT2D eigenvalue weighted by atomic mass is 35.5. The molecule has 0 radical (unpaired) electrons. The van der Waals surface area contributed by atoms with Gasteiger partial charge in [0.1, 0.15) is 23.0 Å². The van der Waals surface area contributed by atoms with Crippen molar-refractivity contribution in [3.63, 3.8) is 0 Å². The van der Waals surface area contributed by atoms with E-state index in [1.807, 2.05) is 0 Å². The minimum atomic E-state index is -3.74. The van der Waals surface area contributed by atoms with Gasteiger partial charge in [-0.1, -0.05) is 17.7 Å². The largest absolute Gasteiger partial charge is 0.496 e. The number of carbonyl (C=O) groups is 1. The molecule has 1 N–H and O–H groups in total. The first-order valence-corrected chi connectivity index (χ1v) is 15.0. The highest BCUT2D eigenvalue weighted by Crippen LogP contribution is 2.45. The molecule has 0 unspecified atom stereocenters. The lowest BCUT2D eigenvalue weighted by atomic mass is 10.1. The zero-order valence-corrected chi connectivity index (χ0v) is 26.9. The molecule has 0 fully saturated rings. The van der Waals surface area contributed by atoms with Crippen LogP contribution in [0.1, 0.15) is 21.5 Å². The minimum absolute atomic E-state index is 0.0579. The van der Waals surface area contributed by atoms with Crippen molar-refractivity contribution in [2.45, 2.75) is 5.75 Å². The molecular formula is C31H34ClNO10S. The molecule has 11 nitrogen and oxygen atoms in total. The summed E-state index contributed by atoms with van der Waals surface area (Å²) in [4.78, 5) is 13.0. The summed E-state index contributed by atoms with van der Waals surface area (Å²) < 4.78 is 63.5. The lowest BCUT2D eigenvalue weighted by Crippen LogP contribution is -2.04. The fraction of sp³-hybridized carbons (Fsp3) is 0.258. The van der Waals surface area contributed by atoms with E-state index in [4.69, 9.17) is 44.8 Å². The first-order chi connectivity index (χ1) is 21.1. The van der Waals surface area contributed by atoms with E-state index in [9.17, 15) is 13.2 Å². The topological polar surface area (TPSA) is 128 Å². The molecule has 0 aliphatic heterocycles. The van der Waals surface area contributed by atoms with E-state index in [0.29, 0.717) is 39.8 Å². The number of hydrogen-bond acceptors (Lipinski definition) is 11. The number of nitrogens with one attached hydrogen (secondary N) is 1. The van der Waals surface area contributed by atoms with Crippen molar-refractivity contribution in [2.75, 3.05) is 55.1 Å². The number of rotatable bonds is 15. The summed E-state index contributed by atoms with van der Waals surface area (Å²) in [6.07, 6.45) is 4.06. The van der Waals surface area contributed by atoms with Crippen molar-refractivity contribution in [3.05, 3.63) is 75.8 Å². The first-order valence-electron chi connectivity index (χ1n) is 12.9. The Kier molecular flexibility index (Phi) is 11.8. The van der Waals surface area contributed by atoms with Crippen molar-refractivity contribution in [1.82, 2.24) is 0 Å². The molecule has 44 heavy (non-hydrogen) atoms. The second-order valence-electron chi connectivity index (χ2n) is 8.94. The fourth-order valence-corrected chi connectivity index (χ4v) is 5.60. The van der Waals surface area contributed by atoms with Crippen LogP contribution in [0.15, 0.2) is 54.1 Å². The molecule has 0 saturated heterocycles. The zero-order chi connectivity index (χ0) is 32.4. The molecule has 0 heterocycles. The predicted octanol–water partition coefficient (Wildman–Crippen LogP) is 5.79. The summed E-state index contributed by atoms with van der Waals surface area (Å²) >= 11 is 6.42. The van der Waals surface area contributed by atoms with Crippen LogP contribution in [-0.4, -0.2) is 64.0 Å². The Bertz CT molecular complexity index is 1640. The number of carbonyl (C=O) groups excluding carboxylic acids is 1. The quantitative estimate of drug-likeness (QED) is 0.159. The molecule has 236 valence electrons. The molecule has 0 bridgehead atoms. The monoisotopic (exact) mass is 647 g/mol. The van der Waals surface area contributed by atoms with E-state index in [0.717, 1.165) is 5.41 Å². The third kappa shape index (κ3) is 7.88. The molecule has 0 aliphatic rings. The van der Waals surface area contributed by atoms with Gasteiger partial charge in [-0.2, -0.15) is 0 Å². The van der Waals surface area contributed by atoms with E-state index in [2.05, 4.69) is 5.32 Å². The van der Waals surface area contributed by atoms with Gasteiger partial charge >= 0.3 is 0 Å². The number of halogens is 1. The second kappa shape index (κ2) is 15.3. The van der Waals surface area contributed by atoms with Crippen molar-refractivity contribution in [3.8, 4) is 40.2 Å². The van der Waals surface area contributed by atoms with E-state index >= 15 is 0 Å². The maximum absolute atomic E-state index is 13.1. The van der Waals surface area contributed by atoms with Crippen molar-refractivity contribution >= 4 is 39.0 Å². The average molecular weight is 648 g/mol. The Labute approximate surface area is 261 Å². The number of ketones is 1. The van der Waals surface area contributed by atoms with Crippen molar-refractivity contribution in [2.24, 2.45) is 0 Å². The van der Waals surface area contributed by atoms with Gasteiger partial charge < -0.3 is 38.5 Å². The second-order valence-corrected chi connectivity index (χ2v) is 11.2. The number of sulfone groups is 1. The number of allylic oxidation sites excluding steroid dienone is 1. The molecule has 3 rings (SSSR count). The van der Waals surface area contributed by atoms with Crippen LogP contribution < -0.4 is 38.5 Å². The lowest BCUT2D eigenvalue weighted by Gasteiger charge is -2.15. The molecule has 0 atom stereocenters. The highest BCUT2D eigenvalue weighted by molar-refractivity contribution is 7.93. The summed E-state index contributed by atoms with van der Waals surface area (Å²) in [6, 6.07) is 9.58. The van der Waals surface area contributed by atoms with E-state index in [-0.39, 0.29) is 33.6 Å². The van der Waals surface area contributed by atoms with Gasteiger partial charge in [-0.25, -0.2) is 8.42 Å². The SMILES string of the molecule is COc1cc(OC)c(C=CS(=O)(=O)Cc2ccc(OC)c(NC=CC(=O)c3cc(OC)c(OC)c(OC)c3Cl)c2)c(OC)c1. The molecular weight excluding hydrogens is 614 g/mol. The summed E-state index contributed by atoms with van der Waals surface area (Å²) in [5.41, 5.74) is 1.48. The van der Waals surface area contributed by atoms with Gasteiger partial charge in [0.2, 0.25) is 5.75 Å². The summed E-state index contributed by atoms with van der Waals surface area (Å²) in [5, 5.41) is 4.13. The van der Waals surface area contributed by atoms with Gasteiger partial charge in [-0.3, -0.25) is 4.79 Å². The molecule has 0 spiro atoms. The van der Waals surface area contributed by atoms with Crippen LogP contribution >= 0.6 is 11.6 Å². The standard InChI is InChI=1S/C31H34ClNO10S/c1-37-20-15-26(39-3)21(27(16-20)40-4)11-13-44(35,36)18-19-8-9-25(38-2)23(14-19)33-12-10-24(34)22-17-28(41-5)30(42-6)31(43-7)29(22)32/h8-17,33H,18H2,1-7H3. The third-order valence-corrected chi connectivity index (χ3v) is 8.00. The Morgan fingerprint density at radius 1 is 0.773 bits per heavy atom. The smallest absolute Gasteiger partial charge is 0.204 e. The fourth-order valence-electron chi connectivity index (χ4n) is 4.20. The van der Waals surface area contributed by atoms with Gasteiger partial charge in [0.05, 0.1) is 71.8 Å². The Balaban J connectivity index is 1.84. The normalized spacial score (nSPS) is 11.4. The third-order valence-electron chi connectivity index (χ3n) is 6.34. The van der Waals surface area contributed by atoms with Gasteiger partial charge in [0.15, 0.2) is 27.1 Å². The van der Waals surface area contributed by atoms with Crippen LogP contribution in [0.5, 0.6) is 40.2 Å². The van der Waals surface area contributed by atoms with Crippen LogP contribution in [0.25, 0.3) is 6.08 Å². The van der Waals surface area contributed by atoms with Gasteiger partial charge in [-0.15, -0.1) is 0 Å². The number of anilines is 1. The number of methoxy groups -OCH3 is 7. The molecule has 3 aromatic rings. The Hall–Kier alpha value is -4.55. The maximum atomic E-state index is 13.1. The average Bonchev–Trinajstić information content (AvgIpc) is 3.02. The number of benzene rings is 3. The van der Waals surface area contributed by atoms with Crippen molar-refractivity contribution < 1.29 is 46.4 Å². The number of ether oxygens (including phenoxy) is 7. The summed E-state index contributed by atoms with van der Waals surface area (Å²) in [5.74, 6) is 1.62. The van der Waals surface area contributed by atoms with Crippen LogP contribution in [0.4, 0.5) is 5.69 Å². The Morgan fingerprint density at radius 2 is 1.39 bits per heavy atom. The van der Waals surface area contributed by atoms with Gasteiger partial charge in [-0.05, 0) is 29.8 Å². The summed E-state index contributed by atoms with van der Waals surface area (Å²) in [6.45, 7) is 0. The molecule has 0 aliphatic carbocycles. The van der Waals surface area contributed by atoms with Crippen molar-refractivity contribution in [1.29, 1.82) is 0 Å². The Morgan fingerprint density at radius 3 is 1.93 bits per heavy atom. The predicted molar refractivity (Wildman–Crippen MR) is 169 cm³/mol. The molecule has 0 aromatic heterocycles. The van der Waals surface area contributed by atoms with E-state index in [1.165, 1.54) is 74.2 Å². The van der Waals surface area contributed by atoms with Crippen LogP contribution in [0.2, 0.25) is 5.02 Å². The van der Waals surface area contributed by atoms with Gasteiger partial charge in [0.25, 0.3) is 0 Å². The maximum Gasteiger partial charge on any atom is 0.204 e. The number of hydrogen-bond donors (Lipinski definition) is 1. The van der Waals surface area contributed by atoms with Crippen LogP contribution in [-0.2, 0) is 15.6 Å². The molecule has 13 heteroatoms. The zero-order valence-electron chi connectivity index (χ0n) is 25.3. The summed E-state index contributed by atoms with van der Waals surface area (Å²) in [7, 11) is 6.43. The van der Waals surface area contributed by atoms with Gasteiger partial charge in [0, 0.05) is 35.4 Å². The van der Waals surface area contributed by atoms with Crippen LogP contribution in [0.3, 0.4) is 0 Å². The highest BCUT2D eigenvalue weighted by Gasteiger charge is 2.22. The van der Waals surface area contributed by atoms with E-state index < -0.39 is 15.6 Å².